The van der Waals surface area contributed by atoms with E-state index in [1.807, 2.05) is 6.92 Å². The Balaban J connectivity index is 2.44. The van der Waals surface area contributed by atoms with Gasteiger partial charge < -0.3 is 15.7 Å². The summed E-state index contributed by atoms with van der Waals surface area (Å²) in [6.07, 6.45) is 0.628. The molecule has 0 aromatic heterocycles. The van der Waals surface area contributed by atoms with Crippen molar-refractivity contribution in [2.45, 2.75) is 18.9 Å². The van der Waals surface area contributed by atoms with Crippen molar-refractivity contribution >= 4 is 27.5 Å². The largest absolute Gasteiger partial charge is 0.395 e. The van der Waals surface area contributed by atoms with Crippen LogP contribution in [0.5, 0.6) is 0 Å². The maximum atomic E-state index is 11.4. The monoisotopic (exact) mass is 253 g/mol. The first-order valence-electron chi connectivity index (χ1n) is 4.76. The van der Waals surface area contributed by atoms with Crippen molar-refractivity contribution in [2.24, 2.45) is 0 Å². The quantitative estimate of drug-likeness (QED) is 0.404. The second kappa shape index (κ2) is 4.73. The van der Waals surface area contributed by atoms with Gasteiger partial charge in [0.15, 0.2) is 10.9 Å². The van der Waals surface area contributed by atoms with Crippen LogP contribution in [0.15, 0.2) is 0 Å². The van der Waals surface area contributed by atoms with Gasteiger partial charge in [-0.05, 0) is 19.1 Å². The van der Waals surface area contributed by atoms with Gasteiger partial charge in [0.2, 0.25) is 10.2 Å². The van der Waals surface area contributed by atoms with E-state index in [0.717, 1.165) is 0 Å². The number of thiocarbonyl (C=S) groups is 1. The highest BCUT2D eigenvalue weighted by molar-refractivity contribution is 7.98. The summed E-state index contributed by atoms with van der Waals surface area (Å²) in [5.41, 5.74) is -0.411. The first kappa shape index (κ1) is 12.8. The maximum Gasteiger partial charge on any atom is 0.216 e. The van der Waals surface area contributed by atoms with Crippen molar-refractivity contribution in [1.82, 2.24) is 10.6 Å². The molecule has 1 aliphatic rings. The van der Waals surface area contributed by atoms with Crippen LogP contribution in [0.1, 0.15) is 13.3 Å². The molecule has 1 fully saturated rings. The second-order valence-corrected chi connectivity index (χ2v) is 6.69. The maximum absolute atomic E-state index is 11.4. The Morgan fingerprint density at radius 3 is 2.80 bits per heavy atom. The molecular formula is C8H17N2O3S2+. The lowest BCUT2D eigenvalue weighted by Gasteiger charge is -2.23. The van der Waals surface area contributed by atoms with Gasteiger partial charge in [-0.2, -0.15) is 4.55 Å². The van der Waals surface area contributed by atoms with Gasteiger partial charge in [0, 0.05) is 13.0 Å². The summed E-state index contributed by atoms with van der Waals surface area (Å²) in [5.74, 6) is 0.542. The van der Waals surface area contributed by atoms with E-state index in [9.17, 15) is 8.76 Å². The van der Waals surface area contributed by atoms with Crippen LogP contribution in [0.3, 0.4) is 0 Å². The number of aliphatic hydroxyl groups excluding tert-OH is 1. The summed E-state index contributed by atoms with van der Waals surface area (Å²) in [4.78, 5) is 0. The van der Waals surface area contributed by atoms with E-state index in [-0.39, 0.29) is 12.4 Å². The van der Waals surface area contributed by atoms with Gasteiger partial charge in [0.1, 0.15) is 5.75 Å². The number of rotatable bonds is 3. The van der Waals surface area contributed by atoms with Gasteiger partial charge in [-0.1, -0.05) is 4.21 Å². The Labute approximate surface area is 95.9 Å². The van der Waals surface area contributed by atoms with Crippen LogP contribution in [-0.2, 0) is 14.4 Å². The van der Waals surface area contributed by atoms with E-state index >= 15 is 0 Å². The Bertz CT molecular complexity index is 298. The van der Waals surface area contributed by atoms with E-state index in [4.69, 9.17) is 17.3 Å². The highest BCUT2D eigenvalue weighted by Crippen LogP contribution is 2.26. The molecule has 0 aromatic rings. The zero-order chi connectivity index (χ0) is 11.5. The summed E-state index contributed by atoms with van der Waals surface area (Å²) < 4.78 is 20.8. The minimum absolute atomic E-state index is 0.00920. The first-order valence-corrected chi connectivity index (χ1v) is 7.02. The Morgan fingerprint density at radius 2 is 2.33 bits per heavy atom. The molecule has 4 N–H and O–H groups in total. The van der Waals surface area contributed by atoms with Gasteiger partial charge in [-0.25, -0.2) is 0 Å². The molecular weight excluding hydrogens is 236 g/mol. The third kappa shape index (κ3) is 4.02. The van der Waals surface area contributed by atoms with E-state index in [1.165, 1.54) is 0 Å². The average molecular weight is 253 g/mol. The van der Waals surface area contributed by atoms with Gasteiger partial charge in [-0.15, -0.1) is 0 Å². The molecule has 0 aromatic carbocycles. The van der Waals surface area contributed by atoms with Crippen molar-refractivity contribution in [1.29, 1.82) is 0 Å². The second-order valence-electron chi connectivity index (χ2n) is 4.04. The van der Waals surface area contributed by atoms with Gasteiger partial charge >= 0.3 is 0 Å². The van der Waals surface area contributed by atoms with Crippen molar-refractivity contribution in [3.63, 3.8) is 0 Å². The van der Waals surface area contributed by atoms with E-state index in [2.05, 4.69) is 10.6 Å². The molecule has 0 saturated carbocycles. The zero-order valence-corrected chi connectivity index (χ0v) is 10.3. The number of hydrogen-bond acceptors (Lipinski definition) is 3. The standard InChI is InChI=1S/C8H16N2O3S2/c1-8(2-5-15(12,13)6-8)10-7(14)9-3-4-11/h11H,2-6H2,1H3,(H2-,9,10,12,13,14)/p+1/t8-/m0/s1. The first-order chi connectivity index (χ1) is 6.87. The van der Waals surface area contributed by atoms with Crippen molar-refractivity contribution in [3.05, 3.63) is 0 Å². The van der Waals surface area contributed by atoms with Crippen LogP contribution in [0, 0.1) is 0 Å². The summed E-state index contributed by atoms with van der Waals surface area (Å²) in [6, 6.07) is 0. The fraction of sp³-hybridized carbons (Fsp3) is 0.875. The van der Waals surface area contributed by atoms with E-state index < -0.39 is 15.8 Å². The van der Waals surface area contributed by atoms with E-state index in [1.54, 1.807) is 0 Å². The predicted octanol–water partition coefficient (Wildman–Crippen LogP) is -0.422. The SMILES string of the molecule is C[C@]1(NC(=S)NCCO)CC[S+](=O)(O)C1. The molecule has 0 amide bonds. The molecule has 0 radical (unpaired) electrons. The van der Waals surface area contributed by atoms with Crippen LogP contribution >= 0.6 is 12.2 Å². The number of hydrogen-bond donors (Lipinski definition) is 4. The number of aliphatic hydroxyl groups is 1. The molecule has 15 heavy (non-hydrogen) atoms. The normalized spacial score (nSPS) is 35.1. The molecule has 0 aliphatic carbocycles. The molecule has 2 atom stereocenters. The lowest BCUT2D eigenvalue weighted by atomic mass is 10.0. The highest BCUT2D eigenvalue weighted by atomic mass is 32.3. The number of nitrogens with one attached hydrogen (secondary N) is 2. The van der Waals surface area contributed by atoms with Crippen LogP contribution in [-0.4, -0.2) is 45.0 Å². The van der Waals surface area contributed by atoms with Crippen molar-refractivity contribution < 1.29 is 13.9 Å². The molecule has 1 rings (SSSR count). The molecule has 5 nitrogen and oxygen atoms in total. The molecule has 1 saturated heterocycles. The molecule has 1 unspecified atom stereocenters. The molecule has 1 heterocycles. The smallest absolute Gasteiger partial charge is 0.216 e. The topological polar surface area (TPSA) is 81.6 Å². The lowest BCUT2D eigenvalue weighted by molar-refractivity contribution is 0.299. The van der Waals surface area contributed by atoms with Gasteiger partial charge in [-0.3, -0.25) is 0 Å². The minimum Gasteiger partial charge on any atom is -0.395 e. The zero-order valence-electron chi connectivity index (χ0n) is 8.65. The third-order valence-corrected chi connectivity index (χ3v) is 4.51. The molecule has 7 heteroatoms. The summed E-state index contributed by atoms with van der Waals surface area (Å²) in [5, 5.41) is 14.8. The molecule has 88 valence electrons. The van der Waals surface area contributed by atoms with Crippen molar-refractivity contribution in [2.75, 3.05) is 24.7 Å². The Kier molecular flexibility index (Phi) is 4.05. The predicted molar refractivity (Wildman–Crippen MR) is 64.3 cm³/mol. The Morgan fingerprint density at radius 1 is 1.67 bits per heavy atom. The van der Waals surface area contributed by atoms with Crippen LogP contribution in [0.2, 0.25) is 0 Å². The molecule has 0 bridgehead atoms. The summed E-state index contributed by atoms with van der Waals surface area (Å²) >= 11 is 5.00. The Hall–Kier alpha value is -0.240. The van der Waals surface area contributed by atoms with Crippen molar-refractivity contribution in [3.8, 4) is 0 Å². The summed E-state index contributed by atoms with van der Waals surface area (Å²) in [7, 11) is -2.67. The van der Waals surface area contributed by atoms with Crippen LogP contribution in [0.25, 0.3) is 0 Å². The summed E-state index contributed by atoms with van der Waals surface area (Å²) in [6.45, 7) is 2.27. The molecule has 0 spiro atoms. The highest BCUT2D eigenvalue weighted by Gasteiger charge is 2.47. The van der Waals surface area contributed by atoms with Gasteiger partial charge in [0.25, 0.3) is 0 Å². The fourth-order valence-corrected chi connectivity index (χ4v) is 4.09. The third-order valence-electron chi connectivity index (χ3n) is 2.33. The van der Waals surface area contributed by atoms with Crippen LogP contribution < -0.4 is 10.6 Å². The lowest BCUT2D eigenvalue weighted by Crippen LogP contribution is -2.51. The fourth-order valence-electron chi connectivity index (χ4n) is 1.61. The molecule has 1 aliphatic heterocycles. The van der Waals surface area contributed by atoms with E-state index in [0.29, 0.717) is 23.8 Å². The van der Waals surface area contributed by atoms with Crippen LogP contribution in [0.4, 0.5) is 0 Å². The van der Waals surface area contributed by atoms with Gasteiger partial charge in [0.05, 0.1) is 12.1 Å². The minimum atomic E-state index is -2.67. The average Bonchev–Trinajstić information content (AvgIpc) is 2.37.